The van der Waals surface area contributed by atoms with Crippen molar-refractivity contribution >= 4 is 11.6 Å². The SMILES string of the molecule is COc1ccc(C2(C(=O)Nc3ccc(OCCCN4CCC[C@H](C)C4)cc3)CCCCC2)cc1. The van der Waals surface area contributed by atoms with Crippen molar-refractivity contribution in [1.82, 2.24) is 4.90 Å². The standard InChI is InChI=1S/C29H40N2O3/c1-23-8-6-19-31(22-23)20-7-21-34-27-15-11-25(12-16-27)30-28(32)29(17-4-3-5-18-29)24-9-13-26(33-2)14-10-24/h9-16,23H,3-8,17-22H2,1-2H3,(H,30,32)/t23-/m0/s1. The minimum Gasteiger partial charge on any atom is -0.497 e. The lowest BCUT2D eigenvalue weighted by Gasteiger charge is -2.36. The second kappa shape index (κ2) is 11.7. The number of benzene rings is 2. The van der Waals surface area contributed by atoms with Gasteiger partial charge in [-0.3, -0.25) is 4.79 Å². The third-order valence-corrected chi connectivity index (χ3v) is 7.53. The molecule has 4 rings (SSSR count). The Labute approximate surface area is 204 Å². The first-order chi connectivity index (χ1) is 16.6. The van der Waals surface area contributed by atoms with Crippen LogP contribution in [0.4, 0.5) is 5.69 Å². The second-order valence-corrected chi connectivity index (χ2v) is 10.1. The number of anilines is 1. The molecule has 34 heavy (non-hydrogen) atoms. The van der Waals surface area contributed by atoms with Crippen molar-refractivity contribution in [3.05, 3.63) is 54.1 Å². The molecule has 2 aromatic rings. The summed E-state index contributed by atoms with van der Waals surface area (Å²) in [5.41, 5.74) is 1.41. The number of rotatable bonds is 9. The number of methoxy groups -OCH3 is 1. The Bertz CT molecular complexity index is 904. The summed E-state index contributed by atoms with van der Waals surface area (Å²) in [6, 6.07) is 15.8. The second-order valence-electron chi connectivity index (χ2n) is 10.1. The molecular formula is C29H40N2O3. The van der Waals surface area contributed by atoms with Gasteiger partial charge in [0.25, 0.3) is 0 Å². The lowest BCUT2D eigenvalue weighted by molar-refractivity contribution is -0.122. The fraction of sp³-hybridized carbons (Fsp3) is 0.552. The molecule has 2 aromatic carbocycles. The number of nitrogens with one attached hydrogen (secondary N) is 1. The van der Waals surface area contributed by atoms with E-state index < -0.39 is 5.41 Å². The highest BCUT2D eigenvalue weighted by Gasteiger charge is 2.41. The fourth-order valence-electron chi connectivity index (χ4n) is 5.57. The minimum absolute atomic E-state index is 0.0850. The molecule has 0 radical (unpaired) electrons. The molecule has 0 aromatic heterocycles. The number of carbonyl (C=O) groups is 1. The summed E-state index contributed by atoms with van der Waals surface area (Å²) in [5.74, 6) is 2.57. The van der Waals surface area contributed by atoms with Crippen molar-refractivity contribution in [2.75, 3.05) is 38.7 Å². The Kier molecular flexibility index (Phi) is 8.49. The molecule has 1 heterocycles. The van der Waals surface area contributed by atoms with Gasteiger partial charge in [0, 0.05) is 18.8 Å². The predicted octanol–water partition coefficient (Wildman–Crippen LogP) is 6.04. The smallest absolute Gasteiger partial charge is 0.235 e. The van der Waals surface area contributed by atoms with E-state index in [9.17, 15) is 4.79 Å². The minimum atomic E-state index is -0.481. The van der Waals surface area contributed by atoms with Crippen molar-refractivity contribution in [1.29, 1.82) is 0 Å². The van der Waals surface area contributed by atoms with Crippen molar-refractivity contribution in [3.8, 4) is 11.5 Å². The molecule has 5 nitrogen and oxygen atoms in total. The number of nitrogens with zero attached hydrogens (tertiary/aromatic N) is 1. The molecule has 0 unspecified atom stereocenters. The third-order valence-electron chi connectivity index (χ3n) is 7.53. The Morgan fingerprint density at radius 1 is 1.00 bits per heavy atom. The number of likely N-dealkylation sites (tertiary alicyclic amines) is 1. The van der Waals surface area contributed by atoms with Gasteiger partial charge in [0.2, 0.25) is 5.91 Å². The van der Waals surface area contributed by atoms with Crippen molar-refractivity contribution in [2.24, 2.45) is 5.92 Å². The highest BCUT2D eigenvalue weighted by atomic mass is 16.5. The van der Waals surface area contributed by atoms with E-state index in [2.05, 4.69) is 17.1 Å². The number of hydrogen-bond acceptors (Lipinski definition) is 4. The van der Waals surface area contributed by atoms with Crippen LogP contribution in [0.5, 0.6) is 11.5 Å². The Morgan fingerprint density at radius 2 is 1.71 bits per heavy atom. The zero-order chi connectivity index (χ0) is 23.8. The van der Waals surface area contributed by atoms with Gasteiger partial charge in [0.05, 0.1) is 19.1 Å². The van der Waals surface area contributed by atoms with Crippen molar-refractivity contribution in [2.45, 2.75) is 63.7 Å². The van der Waals surface area contributed by atoms with Crippen LogP contribution in [-0.2, 0) is 10.2 Å². The molecule has 1 aliphatic heterocycles. The van der Waals surface area contributed by atoms with Crippen molar-refractivity contribution < 1.29 is 14.3 Å². The lowest BCUT2D eigenvalue weighted by atomic mass is 9.68. The zero-order valence-electron chi connectivity index (χ0n) is 20.9. The van der Waals surface area contributed by atoms with E-state index >= 15 is 0 Å². The van der Waals surface area contributed by atoms with Crippen LogP contribution in [0.1, 0.15) is 63.9 Å². The van der Waals surface area contributed by atoms with E-state index in [0.29, 0.717) is 0 Å². The van der Waals surface area contributed by atoms with E-state index in [-0.39, 0.29) is 5.91 Å². The third kappa shape index (κ3) is 6.12. The zero-order valence-corrected chi connectivity index (χ0v) is 20.9. The van der Waals surface area contributed by atoms with Crippen LogP contribution in [0.2, 0.25) is 0 Å². The Morgan fingerprint density at radius 3 is 2.38 bits per heavy atom. The van der Waals surface area contributed by atoms with Gasteiger partial charge >= 0.3 is 0 Å². The maximum Gasteiger partial charge on any atom is 0.235 e. The van der Waals surface area contributed by atoms with Crippen LogP contribution in [0.25, 0.3) is 0 Å². The summed E-state index contributed by atoms with van der Waals surface area (Å²) in [6.07, 6.45) is 8.80. The summed E-state index contributed by atoms with van der Waals surface area (Å²) in [5, 5.41) is 3.19. The molecule has 1 atom stereocenters. The van der Waals surface area contributed by atoms with Crippen LogP contribution in [0, 0.1) is 5.92 Å². The first-order valence-corrected chi connectivity index (χ1v) is 13.0. The van der Waals surface area contributed by atoms with Crippen molar-refractivity contribution in [3.63, 3.8) is 0 Å². The number of hydrogen-bond donors (Lipinski definition) is 1. The number of ether oxygens (including phenoxy) is 2. The summed E-state index contributed by atoms with van der Waals surface area (Å²) in [7, 11) is 1.67. The number of carbonyl (C=O) groups excluding carboxylic acids is 1. The van der Waals surface area contributed by atoms with Gasteiger partial charge < -0.3 is 19.7 Å². The first kappa shape index (κ1) is 24.6. The molecule has 1 aliphatic carbocycles. The molecule has 0 spiro atoms. The number of amides is 1. The summed E-state index contributed by atoms with van der Waals surface area (Å²) in [4.78, 5) is 16.1. The Balaban J connectivity index is 1.31. The van der Waals surface area contributed by atoms with Crippen LogP contribution in [0.3, 0.4) is 0 Å². The molecular weight excluding hydrogens is 424 g/mol. The molecule has 184 valence electrons. The fourth-order valence-corrected chi connectivity index (χ4v) is 5.57. The molecule has 2 aliphatic rings. The topological polar surface area (TPSA) is 50.8 Å². The van der Waals surface area contributed by atoms with Crippen LogP contribution >= 0.6 is 0 Å². The molecule has 1 saturated carbocycles. The van der Waals surface area contributed by atoms with E-state index in [1.54, 1.807) is 7.11 Å². The van der Waals surface area contributed by atoms with Gasteiger partial charge in [0.15, 0.2) is 0 Å². The largest absolute Gasteiger partial charge is 0.497 e. The first-order valence-electron chi connectivity index (χ1n) is 13.0. The predicted molar refractivity (Wildman–Crippen MR) is 138 cm³/mol. The summed E-state index contributed by atoms with van der Waals surface area (Å²) in [6.45, 7) is 6.60. The molecule has 5 heteroatoms. The molecule has 0 bridgehead atoms. The summed E-state index contributed by atoms with van der Waals surface area (Å²) >= 11 is 0. The quantitative estimate of drug-likeness (QED) is 0.460. The molecule has 1 amide bonds. The van der Waals surface area contributed by atoms with Gasteiger partial charge in [-0.25, -0.2) is 0 Å². The highest BCUT2D eigenvalue weighted by Crippen LogP contribution is 2.41. The van der Waals surface area contributed by atoms with Crippen LogP contribution in [-0.4, -0.2) is 44.2 Å². The maximum atomic E-state index is 13.5. The monoisotopic (exact) mass is 464 g/mol. The van der Waals surface area contributed by atoms with E-state index in [4.69, 9.17) is 9.47 Å². The highest BCUT2D eigenvalue weighted by molar-refractivity contribution is 5.99. The molecule has 1 saturated heterocycles. The van der Waals surface area contributed by atoms with Gasteiger partial charge in [-0.15, -0.1) is 0 Å². The van der Waals surface area contributed by atoms with Gasteiger partial charge in [-0.2, -0.15) is 0 Å². The maximum absolute atomic E-state index is 13.5. The van der Waals surface area contributed by atoms with E-state index in [0.717, 1.165) is 73.9 Å². The van der Waals surface area contributed by atoms with Crippen LogP contribution in [0.15, 0.2) is 48.5 Å². The van der Waals surface area contributed by atoms with E-state index in [1.807, 2.05) is 48.5 Å². The van der Waals surface area contributed by atoms with Gasteiger partial charge in [-0.1, -0.05) is 38.3 Å². The Hall–Kier alpha value is -2.53. The normalized spacial score (nSPS) is 20.5. The average molecular weight is 465 g/mol. The molecule has 2 fully saturated rings. The van der Waals surface area contributed by atoms with Gasteiger partial charge in [-0.05, 0) is 86.5 Å². The summed E-state index contributed by atoms with van der Waals surface area (Å²) < 4.78 is 11.3. The lowest BCUT2D eigenvalue weighted by Crippen LogP contribution is -2.42. The number of piperidine rings is 1. The van der Waals surface area contributed by atoms with E-state index in [1.165, 1.54) is 32.4 Å². The van der Waals surface area contributed by atoms with Gasteiger partial charge in [0.1, 0.15) is 11.5 Å². The van der Waals surface area contributed by atoms with Crippen LogP contribution < -0.4 is 14.8 Å². The molecule has 1 N–H and O–H groups in total. The average Bonchev–Trinajstić information content (AvgIpc) is 2.88.